The SMILES string of the molecule is CN1CCCN(C2CCN(C(=O)[C@@H](Cc3cc(C(F)(F)F)c(N)c(C(F)(F)F)c3)NC(=O)N3CCC(N4Cc5ccsc5NC4=O)CC3)CC2)CC1. The van der Waals surface area contributed by atoms with Crippen LogP contribution < -0.4 is 16.4 Å². The zero-order valence-electron chi connectivity index (χ0n) is 28.9. The minimum Gasteiger partial charge on any atom is -0.398 e. The third-order valence-corrected chi connectivity index (χ3v) is 11.6. The van der Waals surface area contributed by atoms with Gasteiger partial charge in [0.05, 0.1) is 23.4 Å². The number of alkyl halides is 6. The number of hydrogen-bond acceptors (Lipinski definition) is 7. The largest absolute Gasteiger partial charge is 0.418 e. The van der Waals surface area contributed by atoms with Gasteiger partial charge in [-0.1, -0.05) is 0 Å². The maximum Gasteiger partial charge on any atom is 0.418 e. The molecule has 5 amide bonds. The highest BCUT2D eigenvalue weighted by Crippen LogP contribution is 2.42. The number of urea groups is 2. The lowest BCUT2D eigenvalue weighted by atomic mass is 9.96. The second kappa shape index (κ2) is 15.3. The molecule has 18 heteroatoms. The van der Waals surface area contributed by atoms with Crippen molar-refractivity contribution in [3.63, 3.8) is 0 Å². The van der Waals surface area contributed by atoms with E-state index < -0.39 is 59.1 Å². The number of amides is 5. The molecule has 6 rings (SSSR count). The maximum absolute atomic E-state index is 14.1. The molecule has 286 valence electrons. The van der Waals surface area contributed by atoms with E-state index in [1.54, 1.807) is 4.90 Å². The highest BCUT2D eigenvalue weighted by Gasteiger charge is 2.42. The van der Waals surface area contributed by atoms with Gasteiger partial charge >= 0.3 is 24.4 Å². The number of carbonyl (C=O) groups excluding carboxylic acids is 3. The summed E-state index contributed by atoms with van der Waals surface area (Å²) in [7, 11) is 2.07. The number of nitrogens with one attached hydrogen (secondary N) is 2. The summed E-state index contributed by atoms with van der Waals surface area (Å²) in [4.78, 5) is 49.9. The van der Waals surface area contributed by atoms with Crippen molar-refractivity contribution in [3.05, 3.63) is 45.8 Å². The van der Waals surface area contributed by atoms with E-state index in [0.29, 0.717) is 57.5 Å². The fourth-order valence-electron chi connectivity index (χ4n) is 7.75. The van der Waals surface area contributed by atoms with Gasteiger partial charge in [-0.25, -0.2) is 9.59 Å². The Morgan fingerprint density at radius 1 is 0.904 bits per heavy atom. The van der Waals surface area contributed by atoms with Crippen LogP contribution in [0.2, 0.25) is 0 Å². The van der Waals surface area contributed by atoms with Gasteiger partial charge in [0.1, 0.15) is 11.0 Å². The first-order chi connectivity index (χ1) is 24.6. The summed E-state index contributed by atoms with van der Waals surface area (Å²) in [6, 6.07) is 0.738. The number of benzene rings is 1. The Balaban J connectivity index is 1.17. The van der Waals surface area contributed by atoms with Gasteiger partial charge in [-0.2, -0.15) is 26.3 Å². The van der Waals surface area contributed by atoms with E-state index in [2.05, 4.69) is 27.5 Å². The quantitative estimate of drug-likeness (QED) is 0.278. The first-order valence-corrected chi connectivity index (χ1v) is 18.4. The minimum atomic E-state index is -5.19. The van der Waals surface area contributed by atoms with Crippen LogP contribution >= 0.6 is 11.3 Å². The van der Waals surface area contributed by atoms with Crippen LogP contribution in [-0.2, 0) is 30.1 Å². The Hall–Kier alpha value is -3.77. The lowest BCUT2D eigenvalue weighted by Gasteiger charge is -2.41. The lowest BCUT2D eigenvalue weighted by Crippen LogP contribution is -2.57. The molecule has 1 aromatic heterocycles. The van der Waals surface area contributed by atoms with Gasteiger partial charge in [0.2, 0.25) is 5.91 Å². The maximum atomic E-state index is 14.1. The van der Waals surface area contributed by atoms with Gasteiger partial charge < -0.3 is 30.7 Å². The number of rotatable bonds is 6. The standard InChI is InChI=1S/C34H44F6N8O3S/c1-44-8-2-9-45(15-14-44)23-3-10-46(11-4-23)30(49)27(19-21-17-25(33(35,36)37)28(41)26(18-21)34(38,39)40)42-31(50)47-12-5-24(6-13-47)48-20-22-7-16-52-29(22)43-32(48)51/h7,16-18,23-24,27H,2-6,8-15,19-20,41H2,1H3,(H,42,50)(H,43,51)/t27-/m1/s1. The van der Waals surface area contributed by atoms with Crippen LogP contribution in [0.5, 0.6) is 0 Å². The fourth-order valence-corrected chi connectivity index (χ4v) is 8.55. The third kappa shape index (κ3) is 8.54. The third-order valence-electron chi connectivity index (χ3n) is 10.7. The van der Waals surface area contributed by atoms with Crippen molar-refractivity contribution >= 4 is 40.0 Å². The smallest absolute Gasteiger partial charge is 0.398 e. The molecule has 2 aromatic rings. The van der Waals surface area contributed by atoms with Crippen molar-refractivity contribution in [2.45, 2.75) is 75.5 Å². The van der Waals surface area contributed by atoms with Crippen LogP contribution in [0.3, 0.4) is 0 Å². The van der Waals surface area contributed by atoms with Crippen molar-refractivity contribution in [2.24, 2.45) is 0 Å². The average molecular weight is 759 g/mol. The van der Waals surface area contributed by atoms with Crippen molar-refractivity contribution in [1.82, 2.24) is 29.8 Å². The van der Waals surface area contributed by atoms with Gasteiger partial charge in [-0.15, -0.1) is 11.3 Å². The zero-order chi connectivity index (χ0) is 37.4. The lowest BCUT2D eigenvalue weighted by molar-refractivity contribution is -0.141. The zero-order valence-corrected chi connectivity index (χ0v) is 29.7. The highest BCUT2D eigenvalue weighted by molar-refractivity contribution is 7.14. The number of hydrogen-bond donors (Lipinski definition) is 3. The molecule has 0 bridgehead atoms. The van der Waals surface area contributed by atoms with E-state index in [1.165, 1.54) is 21.1 Å². The van der Waals surface area contributed by atoms with E-state index in [1.807, 2.05) is 11.4 Å². The summed E-state index contributed by atoms with van der Waals surface area (Å²) < 4.78 is 83.3. The Kier molecular flexibility index (Phi) is 11.2. The fraction of sp³-hybridized carbons (Fsp3) is 0.618. The molecule has 0 radical (unpaired) electrons. The number of anilines is 2. The van der Waals surface area contributed by atoms with E-state index in [4.69, 9.17) is 5.73 Å². The minimum absolute atomic E-state index is 0.156. The van der Waals surface area contributed by atoms with E-state index in [-0.39, 0.29) is 31.2 Å². The number of nitrogens with two attached hydrogens (primary N) is 1. The van der Waals surface area contributed by atoms with Crippen LogP contribution in [0.4, 0.5) is 46.6 Å². The van der Waals surface area contributed by atoms with Gasteiger partial charge in [0, 0.05) is 63.3 Å². The Labute approximate surface area is 302 Å². The second-order valence-corrected chi connectivity index (χ2v) is 15.0. The van der Waals surface area contributed by atoms with Crippen molar-refractivity contribution in [2.75, 3.05) is 70.5 Å². The summed E-state index contributed by atoms with van der Waals surface area (Å²) in [6.07, 6.45) is -7.77. The van der Waals surface area contributed by atoms with Crippen molar-refractivity contribution in [3.8, 4) is 0 Å². The van der Waals surface area contributed by atoms with Crippen LogP contribution in [0.25, 0.3) is 0 Å². The average Bonchev–Trinajstić information content (AvgIpc) is 3.44. The molecular formula is C34H44F6N8O3S. The number of likely N-dealkylation sites (N-methyl/N-ethyl adjacent to an activating group) is 1. The summed E-state index contributed by atoms with van der Waals surface area (Å²) in [6.45, 7) is 5.30. The van der Waals surface area contributed by atoms with Gasteiger partial charge in [-0.3, -0.25) is 15.0 Å². The molecular weight excluding hydrogens is 714 g/mol. The number of nitrogen functional groups attached to an aromatic ring is 1. The topological polar surface area (TPSA) is 117 Å². The molecule has 11 nitrogen and oxygen atoms in total. The molecule has 0 unspecified atom stereocenters. The number of nitrogens with zero attached hydrogens (tertiary/aromatic N) is 5. The molecule has 4 aliphatic rings. The molecule has 4 aliphatic heterocycles. The molecule has 3 fully saturated rings. The van der Waals surface area contributed by atoms with Crippen LogP contribution in [0, 0.1) is 0 Å². The predicted molar refractivity (Wildman–Crippen MR) is 184 cm³/mol. The molecule has 0 aliphatic carbocycles. The summed E-state index contributed by atoms with van der Waals surface area (Å²) >= 11 is 1.44. The highest BCUT2D eigenvalue weighted by atomic mass is 32.1. The van der Waals surface area contributed by atoms with Crippen LogP contribution in [0.1, 0.15) is 54.4 Å². The number of likely N-dealkylation sites (tertiary alicyclic amines) is 2. The Bertz CT molecular complexity index is 1590. The number of thiophene rings is 1. The Morgan fingerprint density at radius 3 is 2.15 bits per heavy atom. The number of carbonyl (C=O) groups is 3. The first kappa shape index (κ1) is 38.0. The first-order valence-electron chi connectivity index (χ1n) is 17.6. The molecule has 3 saturated heterocycles. The van der Waals surface area contributed by atoms with Gasteiger partial charge in [0.25, 0.3) is 0 Å². The molecule has 1 atom stereocenters. The predicted octanol–water partition coefficient (Wildman–Crippen LogP) is 5.13. The van der Waals surface area contributed by atoms with Crippen LogP contribution in [0.15, 0.2) is 23.6 Å². The summed E-state index contributed by atoms with van der Waals surface area (Å²) in [5.74, 6) is -0.576. The molecule has 0 saturated carbocycles. The molecule has 5 heterocycles. The van der Waals surface area contributed by atoms with Crippen LogP contribution in [-0.4, -0.2) is 120 Å². The molecule has 4 N–H and O–H groups in total. The summed E-state index contributed by atoms with van der Waals surface area (Å²) in [5.41, 5.74) is 1.18. The molecule has 52 heavy (non-hydrogen) atoms. The second-order valence-electron chi connectivity index (χ2n) is 14.1. The van der Waals surface area contributed by atoms with E-state index >= 15 is 0 Å². The van der Waals surface area contributed by atoms with Gasteiger partial charge in [-0.05, 0) is 81.4 Å². The number of halogens is 6. The molecule has 1 aromatic carbocycles. The number of piperidine rings is 2. The van der Waals surface area contributed by atoms with E-state index in [9.17, 15) is 40.7 Å². The van der Waals surface area contributed by atoms with Gasteiger partial charge in [0.15, 0.2) is 0 Å². The monoisotopic (exact) mass is 758 g/mol. The summed E-state index contributed by atoms with van der Waals surface area (Å²) in [5, 5.41) is 8.25. The normalized spacial score (nSPS) is 21.1. The van der Waals surface area contributed by atoms with Crippen molar-refractivity contribution < 1.29 is 40.7 Å². The number of fused-ring (bicyclic) bond motifs is 1. The Morgan fingerprint density at radius 2 is 1.52 bits per heavy atom. The molecule has 0 spiro atoms. The van der Waals surface area contributed by atoms with Crippen molar-refractivity contribution in [1.29, 1.82) is 0 Å². The van der Waals surface area contributed by atoms with E-state index in [0.717, 1.165) is 43.2 Å².